The molecule has 0 saturated heterocycles. The summed E-state index contributed by atoms with van der Waals surface area (Å²) in [6.07, 6.45) is 14.9. The maximum atomic E-state index is 13.9. The standard InChI is InChI=1S/C45H53N7O9.C30H41N7O7/c1-2-15-35(40(54)43(57)47-25-37(53)51-39(33-22-13-6-14-23-33)44(58)60-27-30-16-7-3-8-17-30)49-41(55)36(50-42(56)38(46)32-20-11-5-12-21-32)24-34-26-52(29-48-34)45(59)61-28-31-18-9-4-10-19-31;1-2-9-21(26(39)29(42)33-16-23(38)37-25(30(43)44)19-12-7-4-8-13-19)35-27(40)22(14-20-15-32-17-34-20)36-28(41)24(31)18-10-5-3-6-11-18/h3-4,6-10,13-14,16-19,22-23,26,29,32,35-36,38-39H,2,5,11-12,15,20-21,24-25,27-28,46H2,1H3,(H,47,57)(H,49,55)(H,50,56)(H,51,53);4,7-8,12-13,15,17-18,21-22,24-25H,2-3,5-6,9-11,14,16,31H2,1H3,(H,32,34)(H,33,42)(H,35,40)(H,36,41)(H,37,38)(H,43,44)/t35?,36?,38-,39-;21?,22?,24-,25-/m00/s1. The number of carbonyl (C=O) groups excluding carboxylic acids is 12. The van der Waals surface area contributed by atoms with E-state index in [1.165, 1.54) is 37.2 Å². The minimum Gasteiger partial charge on any atom is -0.479 e. The van der Waals surface area contributed by atoms with Gasteiger partial charge in [0.2, 0.25) is 47.0 Å². The summed E-state index contributed by atoms with van der Waals surface area (Å²) in [5.41, 5.74) is 15.8. The zero-order valence-electron chi connectivity index (χ0n) is 58.8. The number of aromatic amines is 1. The number of H-pyrrole nitrogens is 1. The lowest BCUT2D eigenvalue weighted by molar-refractivity contribution is -0.149. The largest absolute Gasteiger partial charge is 0.479 e. The molecule has 2 aliphatic carbocycles. The molecule has 4 aromatic carbocycles. The number of esters is 1. The molecule has 2 saturated carbocycles. The number of ketones is 2. The van der Waals surface area contributed by atoms with Crippen LogP contribution in [-0.4, -0.2) is 151 Å². The molecule has 105 heavy (non-hydrogen) atoms. The first-order valence-electron chi connectivity index (χ1n) is 35.3. The van der Waals surface area contributed by atoms with Crippen molar-refractivity contribution in [2.24, 2.45) is 23.3 Å². The SMILES string of the molecule is CCCC(NC(=O)C(Cc1cn(C(=O)OCc2ccccc2)cn1)NC(=O)[C@@H](N)C1CCCCC1)C(=O)C(=O)NCC(=O)N[C@H](C(=O)OCc1ccccc1)c1ccccc1.CCCC(NC(=O)C(Cc1cnc[nH]1)NC(=O)[C@@H](N)C1CCCCC1)C(=O)C(=O)NCC(=O)N[C@H](C(=O)O)c1ccccc1. The number of rotatable bonds is 36. The van der Waals surface area contributed by atoms with Gasteiger partial charge in [-0.2, -0.15) is 0 Å². The molecule has 560 valence electrons. The number of hydrogen-bond acceptors (Lipinski definition) is 19. The van der Waals surface area contributed by atoms with E-state index in [2.05, 4.69) is 57.5 Å². The lowest BCUT2D eigenvalue weighted by Gasteiger charge is -2.28. The third-order valence-corrected chi connectivity index (χ3v) is 17.9. The molecule has 0 radical (unpaired) electrons. The highest BCUT2D eigenvalue weighted by atomic mass is 16.5. The Morgan fingerprint density at radius 2 is 0.943 bits per heavy atom. The molecule has 4 unspecified atom stereocenters. The topological polar surface area (TPSA) is 455 Å². The molecule has 6 aromatic rings. The number of amides is 8. The summed E-state index contributed by atoms with van der Waals surface area (Å²) in [5.74, 6) is -10.5. The molecule has 2 heterocycles. The van der Waals surface area contributed by atoms with Gasteiger partial charge in [-0.15, -0.1) is 0 Å². The zero-order chi connectivity index (χ0) is 75.6. The van der Waals surface area contributed by atoms with Gasteiger partial charge in [-0.1, -0.05) is 187 Å². The molecule has 0 bridgehead atoms. The average Bonchev–Trinajstić information content (AvgIpc) is 1.84. The average molecular weight is 1450 g/mol. The Morgan fingerprint density at radius 3 is 1.38 bits per heavy atom. The van der Waals surface area contributed by atoms with Crippen LogP contribution in [0.2, 0.25) is 0 Å². The van der Waals surface area contributed by atoms with Gasteiger partial charge in [0.25, 0.3) is 11.8 Å². The van der Waals surface area contributed by atoms with Crippen LogP contribution in [0, 0.1) is 11.8 Å². The van der Waals surface area contributed by atoms with Crippen molar-refractivity contribution < 1.29 is 76.9 Å². The lowest BCUT2D eigenvalue weighted by atomic mass is 9.84. The molecule has 14 N–H and O–H groups in total. The van der Waals surface area contributed by atoms with Crippen molar-refractivity contribution in [3.05, 3.63) is 180 Å². The van der Waals surface area contributed by atoms with Crippen molar-refractivity contribution in [2.75, 3.05) is 13.1 Å². The Morgan fingerprint density at radius 1 is 0.524 bits per heavy atom. The number of ether oxygens (including phenoxy) is 2. The second-order valence-corrected chi connectivity index (χ2v) is 25.8. The number of Topliss-reactive ketones (excluding diaryl/α,β-unsaturated/α-hetero) is 2. The summed E-state index contributed by atoms with van der Waals surface area (Å²) in [6.45, 7) is 2.19. The molecule has 8 atom stereocenters. The molecule has 30 nitrogen and oxygen atoms in total. The summed E-state index contributed by atoms with van der Waals surface area (Å²) in [7, 11) is 0. The van der Waals surface area contributed by atoms with Gasteiger partial charge in [0.05, 0.1) is 49.3 Å². The normalized spacial score (nSPS) is 15.2. The summed E-state index contributed by atoms with van der Waals surface area (Å²) < 4.78 is 12.0. The van der Waals surface area contributed by atoms with E-state index in [1.807, 2.05) is 36.4 Å². The summed E-state index contributed by atoms with van der Waals surface area (Å²) in [6, 6.07) is 25.3. The number of aliphatic carboxylic acids is 1. The first kappa shape index (κ1) is 81.0. The first-order chi connectivity index (χ1) is 50.6. The molecule has 30 heteroatoms. The smallest absolute Gasteiger partial charge is 0.419 e. The van der Waals surface area contributed by atoms with Crippen molar-refractivity contribution in [1.82, 2.24) is 62.1 Å². The van der Waals surface area contributed by atoms with Crippen LogP contribution in [0.3, 0.4) is 0 Å². The number of carboxylic acids is 1. The quantitative estimate of drug-likeness (QED) is 0.0196. The van der Waals surface area contributed by atoms with E-state index >= 15 is 0 Å². The molecule has 0 spiro atoms. The lowest BCUT2D eigenvalue weighted by Crippen LogP contribution is -2.57. The Bertz CT molecular complexity index is 3850. The van der Waals surface area contributed by atoms with Crippen molar-refractivity contribution in [1.29, 1.82) is 0 Å². The van der Waals surface area contributed by atoms with Gasteiger partial charge in [-0.3, -0.25) is 47.9 Å². The van der Waals surface area contributed by atoms with Crippen molar-refractivity contribution in [3.8, 4) is 0 Å². The minimum atomic E-state index is -1.35. The number of nitrogens with zero attached hydrogens (tertiary/aromatic N) is 3. The maximum Gasteiger partial charge on any atom is 0.419 e. The Balaban J connectivity index is 0.000000310. The van der Waals surface area contributed by atoms with Gasteiger partial charge in [0, 0.05) is 30.9 Å². The predicted molar refractivity (Wildman–Crippen MR) is 381 cm³/mol. The first-order valence-corrected chi connectivity index (χ1v) is 35.3. The Kier molecular flexibility index (Phi) is 32.7. The summed E-state index contributed by atoms with van der Waals surface area (Å²) in [4.78, 5) is 180. The zero-order valence-corrected chi connectivity index (χ0v) is 58.8. The Labute approximate surface area is 607 Å². The van der Waals surface area contributed by atoms with Crippen LogP contribution in [0.15, 0.2) is 146 Å². The van der Waals surface area contributed by atoms with Gasteiger partial charge < -0.3 is 73.6 Å². The summed E-state index contributed by atoms with van der Waals surface area (Å²) >= 11 is 0. The number of benzene rings is 4. The second kappa shape index (κ2) is 42.4. The maximum absolute atomic E-state index is 13.9. The number of carbonyl (C=O) groups is 13. The van der Waals surface area contributed by atoms with Gasteiger partial charge in [0.15, 0.2) is 12.1 Å². The van der Waals surface area contributed by atoms with Gasteiger partial charge >= 0.3 is 18.0 Å². The van der Waals surface area contributed by atoms with E-state index in [0.29, 0.717) is 29.7 Å². The molecule has 2 aliphatic rings. The summed E-state index contributed by atoms with van der Waals surface area (Å²) in [5, 5.41) is 29.5. The fourth-order valence-electron chi connectivity index (χ4n) is 12.1. The minimum absolute atomic E-state index is 0.00778. The fraction of sp³-hybridized carbons (Fsp3) is 0.427. The number of carboxylic acid groups (broad SMARTS) is 1. The molecule has 8 rings (SSSR count). The van der Waals surface area contributed by atoms with Crippen LogP contribution in [0.5, 0.6) is 0 Å². The Hall–Kier alpha value is -11.3. The second-order valence-electron chi connectivity index (χ2n) is 25.8. The fourth-order valence-corrected chi connectivity index (χ4v) is 12.1. The molecule has 8 amide bonds. The van der Waals surface area contributed by atoms with Gasteiger partial charge in [-0.25, -0.2) is 28.9 Å². The van der Waals surface area contributed by atoms with Gasteiger partial charge in [-0.05, 0) is 72.6 Å². The van der Waals surface area contributed by atoms with Crippen molar-refractivity contribution in [2.45, 2.75) is 178 Å². The molecule has 0 aliphatic heterocycles. The number of nitrogens with two attached hydrogens (primary N) is 2. The molecule has 2 fully saturated rings. The molecular formula is C75H94N14O16. The van der Waals surface area contributed by atoms with Crippen LogP contribution in [0.4, 0.5) is 4.79 Å². The monoisotopic (exact) mass is 1450 g/mol. The van der Waals surface area contributed by atoms with Crippen LogP contribution in [0.25, 0.3) is 0 Å². The third kappa shape index (κ3) is 26.2. The van der Waals surface area contributed by atoms with Crippen LogP contribution < -0.4 is 54.0 Å². The van der Waals surface area contributed by atoms with E-state index in [1.54, 1.807) is 86.6 Å². The predicted octanol–water partition coefficient (Wildman–Crippen LogP) is 3.83. The van der Waals surface area contributed by atoms with Crippen LogP contribution in [0.1, 0.15) is 149 Å². The van der Waals surface area contributed by atoms with Crippen LogP contribution >= 0.6 is 0 Å². The number of aromatic nitrogens is 4. The number of imidazole rings is 2. The number of hydrogen-bond donors (Lipinski definition) is 12. The van der Waals surface area contributed by atoms with E-state index in [9.17, 15) is 67.4 Å². The van der Waals surface area contributed by atoms with Crippen molar-refractivity contribution in [3.63, 3.8) is 0 Å². The van der Waals surface area contributed by atoms with Crippen molar-refractivity contribution >= 4 is 76.9 Å². The molecule has 2 aromatic heterocycles. The van der Waals surface area contributed by atoms with E-state index < -0.39 is 138 Å². The van der Waals surface area contributed by atoms with Gasteiger partial charge in [0.1, 0.15) is 31.6 Å². The highest BCUT2D eigenvalue weighted by Gasteiger charge is 2.37. The number of nitrogens with one attached hydrogen (secondary N) is 9. The highest BCUT2D eigenvalue weighted by Crippen LogP contribution is 2.27. The highest BCUT2D eigenvalue weighted by molar-refractivity contribution is 6.39. The van der Waals surface area contributed by atoms with E-state index in [-0.39, 0.29) is 56.4 Å². The molecular weight excluding hydrogens is 1350 g/mol. The van der Waals surface area contributed by atoms with E-state index in [0.717, 1.165) is 79.9 Å². The van der Waals surface area contributed by atoms with Crippen LogP contribution in [-0.2, 0) is 93.1 Å². The third-order valence-electron chi connectivity index (χ3n) is 17.9. The van der Waals surface area contributed by atoms with E-state index in [4.69, 9.17) is 20.9 Å².